The molecule has 1 N–H and O–H groups in total. The van der Waals surface area contributed by atoms with Crippen LogP contribution in [0.2, 0.25) is 5.02 Å². The summed E-state index contributed by atoms with van der Waals surface area (Å²) in [5.41, 5.74) is 0.109. The maximum Gasteiger partial charge on any atom is 0.291 e. The molecule has 0 aliphatic rings. The molecule has 0 saturated carbocycles. The lowest BCUT2D eigenvalue weighted by atomic mass is 10.1. The fourth-order valence-electron chi connectivity index (χ4n) is 1.33. The second-order valence-corrected chi connectivity index (χ2v) is 4.42. The molecule has 1 aromatic rings. The molecule has 0 atom stereocenters. The Balaban J connectivity index is 2.87. The number of hydrogen-bond acceptors (Lipinski definition) is 3. The lowest BCUT2D eigenvalue weighted by molar-refractivity contribution is -0.385. The van der Waals surface area contributed by atoms with Gasteiger partial charge < -0.3 is 5.32 Å². The molecule has 1 rings (SSSR count). The summed E-state index contributed by atoms with van der Waals surface area (Å²) in [5, 5.41) is 14.1. The number of hydrogen-bond donors (Lipinski definition) is 1. The molecular formula is C10H10BrClN2O3. The third-order valence-corrected chi connectivity index (χ3v) is 2.72. The first-order valence-corrected chi connectivity index (χ1v) is 6.30. The number of carbonyl (C=O) groups excluding carboxylic acids is 1. The van der Waals surface area contributed by atoms with Crippen molar-refractivity contribution in [1.29, 1.82) is 0 Å². The maximum absolute atomic E-state index is 11.5. The van der Waals surface area contributed by atoms with Gasteiger partial charge in [0.15, 0.2) is 0 Å². The first-order valence-electron chi connectivity index (χ1n) is 4.80. The van der Waals surface area contributed by atoms with Crippen LogP contribution >= 0.6 is 27.5 Å². The summed E-state index contributed by atoms with van der Waals surface area (Å²) >= 11 is 8.90. The van der Waals surface area contributed by atoms with Crippen LogP contribution in [-0.4, -0.2) is 22.7 Å². The smallest absolute Gasteiger partial charge is 0.291 e. The van der Waals surface area contributed by atoms with Crippen molar-refractivity contribution in [3.63, 3.8) is 0 Å². The van der Waals surface area contributed by atoms with Crippen molar-refractivity contribution in [2.45, 2.75) is 6.42 Å². The molecule has 5 nitrogen and oxygen atoms in total. The molecule has 0 aliphatic heterocycles. The summed E-state index contributed by atoms with van der Waals surface area (Å²) < 4.78 is 0. The van der Waals surface area contributed by atoms with E-state index in [2.05, 4.69) is 21.2 Å². The first-order chi connectivity index (χ1) is 8.06. The average molecular weight is 322 g/mol. The van der Waals surface area contributed by atoms with Crippen molar-refractivity contribution in [2.75, 3.05) is 11.9 Å². The number of nitro groups is 1. The lowest BCUT2D eigenvalue weighted by Gasteiger charge is -2.05. The fourth-order valence-corrected chi connectivity index (χ4v) is 1.79. The zero-order valence-corrected chi connectivity index (χ0v) is 11.1. The Morgan fingerprint density at radius 3 is 2.82 bits per heavy atom. The van der Waals surface area contributed by atoms with Gasteiger partial charge in [-0.05, 0) is 6.07 Å². The normalized spacial score (nSPS) is 10.0. The van der Waals surface area contributed by atoms with Crippen LogP contribution in [-0.2, 0) is 11.2 Å². The highest BCUT2D eigenvalue weighted by Crippen LogP contribution is 2.28. The van der Waals surface area contributed by atoms with Crippen LogP contribution < -0.4 is 5.32 Å². The van der Waals surface area contributed by atoms with Crippen LogP contribution in [0, 0.1) is 10.1 Å². The molecule has 0 radical (unpaired) electrons. The summed E-state index contributed by atoms with van der Waals surface area (Å²) in [7, 11) is 0. The predicted octanol–water partition coefficient (Wildman–Crippen LogP) is 2.30. The number of para-hydroxylation sites is 1. The Hall–Kier alpha value is -1.14. The summed E-state index contributed by atoms with van der Waals surface area (Å²) in [5.74, 6) is -0.269. The molecule has 0 saturated heterocycles. The van der Waals surface area contributed by atoms with Crippen molar-refractivity contribution in [2.24, 2.45) is 0 Å². The standard InChI is InChI=1S/C10H10BrClN2O3/c11-4-5-13-9(15)6-7-2-1-3-8(12)10(7)14(16)17/h1-3H,4-6H2,(H,13,15). The van der Waals surface area contributed by atoms with E-state index >= 15 is 0 Å². The molecule has 1 amide bonds. The van der Waals surface area contributed by atoms with Gasteiger partial charge in [0.05, 0.1) is 11.3 Å². The van der Waals surface area contributed by atoms with E-state index in [4.69, 9.17) is 11.6 Å². The van der Waals surface area contributed by atoms with Crippen LogP contribution in [0.3, 0.4) is 0 Å². The number of benzene rings is 1. The van der Waals surface area contributed by atoms with Gasteiger partial charge in [-0.3, -0.25) is 14.9 Å². The van der Waals surface area contributed by atoms with Crippen LogP contribution in [0.15, 0.2) is 18.2 Å². The number of rotatable bonds is 5. The van der Waals surface area contributed by atoms with Gasteiger partial charge in [-0.25, -0.2) is 0 Å². The zero-order chi connectivity index (χ0) is 12.8. The van der Waals surface area contributed by atoms with E-state index in [-0.39, 0.29) is 23.0 Å². The van der Waals surface area contributed by atoms with Crippen molar-refractivity contribution in [1.82, 2.24) is 5.32 Å². The highest BCUT2D eigenvalue weighted by Gasteiger charge is 2.19. The van der Waals surface area contributed by atoms with E-state index in [1.54, 1.807) is 6.07 Å². The van der Waals surface area contributed by atoms with Gasteiger partial charge in [0, 0.05) is 17.4 Å². The number of halogens is 2. The van der Waals surface area contributed by atoms with Crippen LogP contribution in [0.25, 0.3) is 0 Å². The third-order valence-electron chi connectivity index (χ3n) is 2.02. The van der Waals surface area contributed by atoms with Gasteiger partial charge in [-0.1, -0.05) is 39.7 Å². The first kappa shape index (κ1) is 13.9. The number of nitro benzene ring substituents is 1. The predicted molar refractivity (Wildman–Crippen MR) is 68.6 cm³/mol. The van der Waals surface area contributed by atoms with Crippen LogP contribution in [0.1, 0.15) is 5.56 Å². The Morgan fingerprint density at radius 1 is 1.53 bits per heavy atom. The summed E-state index contributed by atoms with van der Waals surface area (Å²) in [6, 6.07) is 4.54. The number of amides is 1. The number of alkyl halides is 1. The molecule has 1 aromatic carbocycles. The number of nitrogens with one attached hydrogen (secondary N) is 1. The SMILES string of the molecule is O=C(Cc1cccc(Cl)c1[N+](=O)[O-])NCCBr. The summed E-state index contributed by atoms with van der Waals surface area (Å²) in [4.78, 5) is 21.7. The molecule has 0 bridgehead atoms. The monoisotopic (exact) mass is 320 g/mol. The minimum atomic E-state index is -0.574. The lowest BCUT2D eigenvalue weighted by Crippen LogP contribution is -2.27. The highest BCUT2D eigenvalue weighted by atomic mass is 79.9. The van der Waals surface area contributed by atoms with Crippen molar-refractivity contribution >= 4 is 39.1 Å². The van der Waals surface area contributed by atoms with Gasteiger partial charge in [0.2, 0.25) is 5.91 Å². The molecule has 7 heteroatoms. The third kappa shape index (κ3) is 3.98. The van der Waals surface area contributed by atoms with E-state index in [1.807, 2.05) is 0 Å². The van der Waals surface area contributed by atoms with Crippen molar-refractivity contribution in [3.05, 3.63) is 38.9 Å². The van der Waals surface area contributed by atoms with Crippen molar-refractivity contribution in [3.8, 4) is 0 Å². The molecule has 0 unspecified atom stereocenters. The van der Waals surface area contributed by atoms with E-state index in [0.29, 0.717) is 17.4 Å². The van der Waals surface area contributed by atoms with Crippen LogP contribution in [0.5, 0.6) is 0 Å². The zero-order valence-electron chi connectivity index (χ0n) is 8.78. The minimum Gasteiger partial charge on any atom is -0.355 e. The molecule has 0 heterocycles. The van der Waals surface area contributed by atoms with Gasteiger partial charge in [0.25, 0.3) is 5.69 Å². The van der Waals surface area contributed by atoms with Gasteiger partial charge in [-0.15, -0.1) is 0 Å². The Kier molecular flexibility index (Phi) is 5.37. The molecule has 0 aromatic heterocycles. The van der Waals surface area contributed by atoms with E-state index in [0.717, 1.165) is 0 Å². The average Bonchev–Trinajstić information content (AvgIpc) is 2.25. The largest absolute Gasteiger partial charge is 0.355 e. The van der Waals surface area contributed by atoms with Gasteiger partial charge in [0.1, 0.15) is 5.02 Å². The van der Waals surface area contributed by atoms with Crippen molar-refractivity contribution < 1.29 is 9.72 Å². The molecule has 17 heavy (non-hydrogen) atoms. The minimum absolute atomic E-state index is 0.0424. The maximum atomic E-state index is 11.5. The van der Waals surface area contributed by atoms with Crippen LogP contribution in [0.4, 0.5) is 5.69 Å². The highest BCUT2D eigenvalue weighted by molar-refractivity contribution is 9.09. The number of nitrogens with zero attached hydrogens (tertiary/aromatic N) is 1. The Labute approximate surface area is 111 Å². The Morgan fingerprint density at radius 2 is 2.24 bits per heavy atom. The second-order valence-electron chi connectivity index (χ2n) is 3.22. The molecule has 92 valence electrons. The molecule has 0 fully saturated rings. The summed E-state index contributed by atoms with van der Waals surface area (Å²) in [6.45, 7) is 0.479. The fraction of sp³-hybridized carbons (Fsp3) is 0.300. The quantitative estimate of drug-likeness (QED) is 0.514. The molecule has 0 spiro atoms. The van der Waals surface area contributed by atoms with E-state index in [9.17, 15) is 14.9 Å². The van der Waals surface area contributed by atoms with E-state index < -0.39 is 4.92 Å². The molecular weight excluding hydrogens is 311 g/mol. The van der Waals surface area contributed by atoms with Gasteiger partial charge in [-0.2, -0.15) is 0 Å². The second kappa shape index (κ2) is 6.56. The topological polar surface area (TPSA) is 72.2 Å². The van der Waals surface area contributed by atoms with E-state index in [1.165, 1.54) is 12.1 Å². The Bertz CT molecular complexity index is 440. The number of carbonyl (C=O) groups is 1. The molecule has 0 aliphatic carbocycles. The van der Waals surface area contributed by atoms with Gasteiger partial charge >= 0.3 is 0 Å². The summed E-state index contributed by atoms with van der Waals surface area (Å²) in [6.07, 6.45) is -0.0517.